The number of anilines is 1. The van der Waals surface area contributed by atoms with Gasteiger partial charge < -0.3 is 5.73 Å². The lowest BCUT2D eigenvalue weighted by molar-refractivity contribution is -0.137. The number of fused-ring (bicyclic) bond motifs is 1. The van der Waals surface area contributed by atoms with E-state index < -0.39 is 37.6 Å². The van der Waals surface area contributed by atoms with E-state index in [1.807, 2.05) is 0 Å². The molecule has 15 heteroatoms. The van der Waals surface area contributed by atoms with E-state index in [2.05, 4.69) is 9.71 Å². The van der Waals surface area contributed by atoms with Crippen LogP contribution in [0.1, 0.15) is 15.9 Å². The summed E-state index contributed by atoms with van der Waals surface area (Å²) in [6.45, 7) is 0. The number of benzene rings is 3. The third-order valence-electron chi connectivity index (χ3n) is 4.64. The number of hydrogen-bond donors (Lipinski definition) is 2. The number of nitrogens with two attached hydrogens (primary N) is 1. The van der Waals surface area contributed by atoms with Gasteiger partial charge in [0.05, 0.1) is 41.4 Å². The van der Waals surface area contributed by atoms with Crippen molar-refractivity contribution in [3.05, 3.63) is 74.7 Å². The molecule has 0 unspecified atom stereocenters. The molecular weight excluding hydrogens is 602 g/mol. The van der Waals surface area contributed by atoms with Gasteiger partial charge in [-0.1, -0.05) is 46.6 Å². The van der Waals surface area contributed by atoms with Crippen LogP contribution in [0.3, 0.4) is 0 Å². The van der Waals surface area contributed by atoms with E-state index in [0.29, 0.717) is 32.4 Å². The van der Waals surface area contributed by atoms with Crippen molar-refractivity contribution in [1.82, 2.24) is 4.98 Å². The van der Waals surface area contributed by atoms with Gasteiger partial charge in [-0.15, -0.1) is 11.3 Å². The molecule has 3 N–H and O–H groups in total. The first kappa shape index (κ1) is 26.8. The number of amides is 1. The maximum Gasteiger partial charge on any atom is 0.416 e. The van der Waals surface area contributed by atoms with Gasteiger partial charge >= 0.3 is 6.18 Å². The number of sulfonamides is 1. The molecule has 0 aliphatic heterocycles. The topological polar surface area (TPSA) is 102 Å². The molecule has 0 spiro atoms. The van der Waals surface area contributed by atoms with Crippen LogP contribution >= 0.6 is 57.9 Å². The third-order valence-corrected chi connectivity index (χ3v) is 9.55. The van der Waals surface area contributed by atoms with E-state index in [1.165, 1.54) is 23.5 Å². The maximum absolute atomic E-state index is 12.9. The van der Waals surface area contributed by atoms with Gasteiger partial charge in [-0.05, 0) is 48.5 Å². The number of primary amides is 1. The lowest BCUT2D eigenvalue weighted by Crippen LogP contribution is -2.14. The van der Waals surface area contributed by atoms with E-state index in [0.717, 1.165) is 22.5 Å². The van der Waals surface area contributed by atoms with Crippen molar-refractivity contribution in [2.75, 3.05) is 4.72 Å². The van der Waals surface area contributed by atoms with Gasteiger partial charge in [0.15, 0.2) is 4.34 Å². The van der Waals surface area contributed by atoms with Crippen LogP contribution in [0, 0.1) is 0 Å². The molecule has 0 radical (unpaired) electrons. The molecule has 6 nitrogen and oxygen atoms in total. The number of carbonyl (C=O) groups is 1. The predicted octanol–water partition coefficient (Wildman–Crippen LogP) is 7.33. The van der Waals surface area contributed by atoms with Crippen LogP contribution in [0.15, 0.2) is 62.7 Å². The van der Waals surface area contributed by atoms with Crippen molar-refractivity contribution in [2.24, 2.45) is 5.73 Å². The molecule has 0 saturated carbocycles. The Labute approximate surface area is 225 Å². The molecule has 0 atom stereocenters. The second kappa shape index (κ2) is 9.92. The summed E-state index contributed by atoms with van der Waals surface area (Å²) in [5.41, 5.74) is 5.17. The molecule has 188 valence electrons. The maximum atomic E-state index is 12.9. The Morgan fingerprint density at radius 2 is 1.67 bits per heavy atom. The Morgan fingerprint density at radius 3 is 2.25 bits per heavy atom. The predicted molar refractivity (Wildman–Crippen MR) is 136 cm³/mol. The minimum atomic E-state index is -4.68. The summed E-state index contributed by atoms with van der Waals surface area (Å²) in [6, 6.07) is 9.33. The fourth-order valence-electron chi connectivity index (χ4n) is 3.01. The highest BCUT2D eigenvalue weighted by atomic mass is 35.5. The van der Waals surface area contributed by atoms with Gasteiger partial charge in [-0.3, -0.25) is 9.52 Å². The third kappa shape index (κ3) is 5.68. The Hall–Kier alpha value is -2.22. The molecule has 0 fully saturated rings. The summed E-state index contributed by atoms with van der Waals surface area (Å²) >= 11 is 20.9. The average molecular weight is 613 g/mol. The number of hydrogen-bond acceptors (Lipinski definition) is 6. The van der Waals surface area contributed by atoms with Crippen molar-refractivity contribution in [3.8, 4) is 0 Å². The van der Waals surface area contributed by atoms with Crippen LogP contribution in [0.5, 0.6) is 0 Å². The lowest BCUT2D eigenvalue weighted by atomic mass is 10.2. The number of aromatic nitrogens is 1. The van der Waals surface area contributed by atoms with Crippen LogP contribution in [0.25, 0.3) is 10.2 Å². The number of nitrogens with one attached hydrogen (secondary N) is 1. The molecule has 36 heavy (non-hydrogen) atoms. The molecule has 1 aromatic heterocycles. The number of alkyl halides is 3. The summed E-state index contributed by atoms with van der Waals surface area (Å²) in [5.74, 6) is -0.568. The fourth-order valence-corrected chi connectivity index (χ4v) is 7.37. The largest absolute Gasteiger partial charge is 0.416 e. The highest BCUT2D eigenvalue weighted by molar-refractivity contribution is 8.01. The zero-order chi connectivity index (χ0) is 26.4. The van der Waals surface area contributed by atoms with Crippen molar-refractivity contribution >= 4 is 89.7 Å². The van der Waals surface area contributed by atoms with E-state index >= 15 is 0 Å². The molecule has 0 aliphatic carbocycles. The first-order chi connectivity index (χ1) is 16.7. The molecule has 0 saturated heterocycles. The van der Waals surface area contributed by atoms with Crippen molar-refractivity contribution < 1.29 is 26.4 Å². The number of nitrogens with zero attached hydrogens (tertiary/aromatic N) is 1. The average Bonchev–Trinajstić information content (AvgIpc) is 3.17. The highest BCUT2D eigenvalue weighted by Gasteiger charge is 2.32. The Balaban J connectivity index is 1.59. The van der Waals surface area contributed by atoms with Crippen LogP contribution in [0.4, 0.5) is 18.9 Å². The van der Waals surface area contributed by atoms with Crippen molar-refractivity contribution in [3.63, 3.8) is 0 Å². The highest BCUT2D eigenvalue weighted by Crippen LogP contribution is 2.43. The number of halogens is 6. The second-order valence-electron chi connectivity index (χ2n) is 7.15. The van der Waals surface area contributed by atoms with E-state index in [1.54, 1.807) is 18.2 Å². The Kier molecular flexibility index (Phi) is 7.39. The monoisotopic (exact) mass is 611 g/mol. The minimum Gasteiger partial charge on any atom is -0.366 e. The quantitative estimate of drug-likeness (QED) is 0.237. The molecule has 0 bridgehead atoms. The number of carbonyl (C=O) groups excluding carboxylic acids is 1. The van der Waals surface area contributed by atoms with Crippen LogP contribution in [0.2, 0.25) is 15.1 Å². The zero-order valence-corrected chi connectivity index (χ0v) is 22.1. The van der Waals surface area contributed by atoms with Crippen molar-refractivity contribution in [2.45, 2.75) is 20.3 Å². The first-order valence-electron chi connectivity index (χ1n) is 9.51. The zero-order valence-electron chi connectivity index (χ0n) is 17.4. The Morgan fingerprint density at radius 1 is 1.00 bits per heavy atom. The lowest BCUT2D eigenvalue weighted by Gasteiger charge is -2.13. The summed E-state index contributed by atoms with van der Waals surface area (Å²) in [7, 11) is -4.36. The summed E-state index contributed by atoms with van der Waals surface area (Å²) < 4.78 is 67.6. The van der Waals surface area contributed by atoms with Gasteiger partial charge in [0.2, 0.25) is 5.91 Å². The second-order valence-corrected chi connectivity index (χ2v) is 12.3. The smallest absolute Gasteiger partial charge is 0.366 e. The summed E-state index contributed by atoms with van der Waals surface area (Å²) in [5, 5.41) is -0.404. The van der Waals surface area contributed by atoms with Crippen LogP contribution in [-0.2, 0) is 16.2 Å². The van der Waals surface area contributed by atoms with Gasteiger partial charge in [-0.25, -0.2) is 13.4 Å². The normalized spacial score (nSPS) is 12.2. The molecular formula is C21H11Cl3F3N3O3S3. The van der Waals surface area contributed by atoms with Crippen LogP contribution in [-0.4, -0.2) is 19.3 Å². The van der Waals surface area contributed by atoms with E-state index in [-0.39, 0.29) is 15.7 Å². The summed E-state index contributed by atoms with van der Waals surface area (Å²) in [4.78, 5) is 15.7. The molecule has 3 aromatic carbocycles. The fraction of sp³-hybridized carbons (Fsp3) is 0.0476. The van der Waals surface area contributed by atoms with Gasteiger partial charge in [-0.2, -0.15) is 13.2 Å². The molecule has 0 aliphatic rings. The van der Waals surface area contributed by atoms with Gasteiger partial charge in [0, 0.05) is 5.56 Å². The minimum absolute atomic E-state index is 0.0271. The SMILES string of the molecule is NC(=O)c1ccc2nc(Sc3c(Cl)cc(NS(=O)(=O)c4ccc(C(F)(F)F)cc4Cl)cc3Cl)sc2c1. The van der Waals surface area contributed by atoms with Gasteiger partial charge in [0.25, 0.3) is 10.0 Å². The number of rotatable bonds is 6. The van der Waals surface area contributed by atoms with E-state index in [4.69, 9.17) is 40.5 Å². The molecule has 1 amide bonds. The molecule has 4 aromatic rings. The Bertz CT molecular complexity index is 1600. The van der Waals surface area contributed by atoms with E-state index in [9.17, 15) is 26.4 Å². The number of thiazole rings is 1. The molecule has 1 heterocycles. The molecule has 4 rings (SSSR count). The standard InChI is InChI=1S/C21H11Cl3F3N3O3S3/c22-12-6-10(21(25,26)27)2-4-17(12)36(32,33)30-11-7-13(23)18(14(24)8-11)35-20-29-15-3-1-9(19(28)31)5-16(15)34-20/h1-8,30H,(H2,28,31). The van der Waals surface area contributed by atoms with Gasteiger partial charge in [0.1, 0.15) is 4.90 Å². The van der Waals surface area contributed by atoms with Crippen LogP contribution < -0.4 is 10.5 Å². The first-order valence-corrected chi connectivity index (χ1v) is 13.8. The van der Waals surface area contributed by atoms with Crippen molar-refractivity contribution in [1.29, 1.82) is 0 Å². The summed E-state index contributed by atoms with van der Waals surface area (Å²) in [6.07, 6.45) is -4.68.